The number of amides is 1. The largest absolute Gasteiger partial charge is 0.326 e. The van der Waals surface area contributed by atoms with E-state index in [4.69, 9.17) is 0 Å². The number of carbonyl (C=O) groups is 1. The van der Waals surface area contributed by atoms with Gasteiger partial charge in [0.05, 0.1) is 6.29 Å². The van der Waals surface area contributed by atoms with Gasteiger partial charge in [-0.2, -0.15) is 0 Å². The van der Waals surface area contributed by atoms with E-state index in [0.717, 1.165) is 21.7 Å². The summed E-state index contributed by atoms with van der Waals surface area (Å²) < 4.78 is 14.1. The topological polar surface area (TPSA) is 37.4 Å². The lowest BCUT2D eigenvalue weighted by molar-refractivity contribution is 0.0805. The van der Waals surface area contributed by atoms with Crippen LogP contribution in [0.4, 0.5) is 0 Å². The van der Waals surface area contributed by atoms with Gasteiger partial charge in [-0.1, -0.05) is 78.9 Å². The predicted molar refractivity (Wildman–Crippen MR) is 101 cm³/mol. The van der Waals surface area contributed by atoms with Crippen LogP contribution in [0, 0.1) is 0 Å². The molecule has 0 saturated carbocycles. The Labute approximate surface area is 147 Å². The van der Waals surface area contributed by atoms with Crippen LogP contribution in [0.5, 0.6) is 0 Å². The highest BCUT2D eigenvalue weighted by Crippen LogP contribution is 2.45. The highest BCUT2D eigenvalue weighted by molar-refractivity contribution is 7.78. The van der Waals surface area contributed by atoms with Crippen molar-refractivity contribution in [2.45, 2.75) is 6.54 Å². The van der Waals surface area contributed by atoms with Gasteiger partial charge in [0.2, 0.25) is 0 Å². The predicted octanol–water partition coefficient (Wildman–Crippen LogP) is 3.61. The summed E-state index contributed by atoms with van der Waals surface area (Å²) in [4.78, 5) is 14.5. The van der Waals surface area contributed by atoms with Crippen molar-refractivity contribution in [2.75, 3.05) is 6.29 Å². The van der Waals surface area contributed by atoms with Crippen LogP contribution in [0.1, 0.15) is 15.9 Å². The molecule has 0 bridgehead atoms. The van der Waals surface area contributed by atoms with Gasteiger partial charge in [-0.05, 0) is 11.6 Å². The Morgan fingerprint density at radius 3 is 1.84 bits per heavy atom. The molecule has 1 amide bonds. The fourth-order valence-corrected chi connectivity index (χ4v) is 5.96. The highest BCUT2D eigenvalue weighted by atomic mass is 31.2. The number of fused-ring (bicyclic) bond motifs is 1. The SMILES string of the molecule is O=C1c2ccccc2CN1CP(=O)(c1ccccc1)c1ccccc1. The molecule has 1 aliphatic heterocycles. The molecule has 25 heavy (non-hydrogen) atoms. The van der Waals surface area contributed by atoms with Gasteiger partial charge < -0.3 is 9.46 Å². The van der Waals surface area contributed by atoms with E-state index in [2.05, 4.69) is 0 Å². The molecule has 4 heteroatoms. The Morgan fingerprint density at radius 1 is 0.760 bits per heavy atom. The lowest BCUT2D eigenvalue weighted by Gasteiger charge is -2.25. The zero-order valence-electron chi connectivity index (χ0n) is 13.7. The zero-order chi connectivity index (χ0) is 17.3. The maximum Gasteiger partial charge on any atom is 0.254 e. The van der Waals surface area contributed by atoms with Crippen molar-refractivity contribution in [1.82, 2.24) is 4.90 Å². The van der Waals surface area contributed by atoms with Crippen LogP contribution in [-0.4, -0.2) is 17.1 Å². The average molecular weight is 347 g/mol. The molecule has 1 heterocycles. The van der Waals surface area contributed by atoms with Gasteiger partial charge in [0.25, 0.3) is 5.91 Å². The Hall–Kier alpha value is -2.64. The van der Waals surface area contributed by atoms with Crippen LogP contribution < -0.4 is 10.6 Å². The van der Waals surface area contributed by atoms with Crippen molar-refractivity contribution in [3.05, 3.63) is 96.1 Å². The summed E-state index contributed by atoms with van der Waals surface area (Å²) in [6.45, 7) is 0.513. The van der Waals surface area contributed by atoms with E-state index in [1.54, 1.807) is 4.90 Å². The van der Waals surface area contributed by atoms with Crippen LogP contribution in [-0.2, 0) is 11.1 Å². The Kier molecular flexibility index (Phi) is 4.03. The first-order valence-corrected chi connectivity index (χ1v) is 10.2. The molecule has 0 N–H and O–H groups in total. The van der Waals surface area contributed by atoms with E-state index in [1.165, 1.54) is 0 Å². The maximum atomic E-state index is 14.1. The molecule has 3 aromatic rings. The molecule has 0 radical (unpaired) electrons. The first kappa shape index (κ1) is 15.9. The summed E-state index contributed by atoms with van der Waals surface area (Å²) in [5, 5.41) is 1.56. The third-order valence-electron chi connectivity index (χ3n) is 4.61. The number of nitrogens with zero attached hydrogens (tertiary/aromatic N) is 1. The van der Waals surface area contributed by atoms with Crippen LogP contribution in [0.15, 0.2) is 84.9 Å². The minimum absolute atomic E-state index is 0.0392. The van der Waals surface area contributed by atoms with Gasteiger partial charge in [0, 0.05) is 22.7 Å². The monoisotopic (exact) mass is 347 g/mol. The van der Waals surface area contributed by atoms with Gasteiger partial charge in [-0.15, -0.1) is 0 Å². The first-order chi connectivity index (χ1) is 12.2. The van der Waals surface area contributed by atoms with E-state index < -0.39 is 7.14 Å². The molecule has 0 spiro atoms. The molecule has 0 fully saturated rings. The third-order valence-corrected chi connectivity index (χ3v) is 7.62. The smallest absolute Gasteiger partial charge is 0.254 e. The maximum absolute atomic E-state index is 14.1. The number of benzene rings is 3. The zero-order valence-corrected chi connectivity index (χ0v) is 14.6. The molecular weight excluding hydrogens is 329 g/mol. The average Bonchev–Trinajstić information content (AvgIpc) is 2.99. The lowest BCUT2D eigenvalue weighted by Crippen LogP contribution is -2.31. The van der Waals surface area contributed by atoms with E-state index in [1.807, 2.05) is 84.9 Å². The molecule has 1 aliphatic rings. The summed E-state index contributed by atoms with van der Waals surface area (Å²) in [7, 11) is -2.93. The van der Waals surface area contributed by atoms with Gasteiger partial charge in [0.1, 0.15) is 0 Å². The summed E-state index contributed by atoms with van der Waals surface area (Å²) in [5.74, 6) is -0.0392. The molecule has 0 aromatic heterocycles. The molecule has 3 aromatic carbocycles. The van der Waals surface area contributed by atoms with Gasteiger partial charge in [-0.3, -0.25) is 4.79 Å². The quantitative estimate of drug-likeness (QED) is 0.676. The van der Waals surface area contributed by atoms with Crippen molar-refractivity contribution >= 4 is 23.7 Å². The van der Waals surface area contributed by atoms with Gasteiger partial charge in [0.15, 0.2) is 7.14 Å². The standard InChI is InChI=1S/C21H18NO2P/c23-21-20-14-8-7-9-17(20)15-22(21)16-25(24,18-10-3-1-4-11-18)19-12-5-2-6-13-19/h1-14H,15-16H2. The Balaban J connectivity index is 1.74. The van der Waals surface area contributed by atoms with Crippen molar-refractivity contribution in [2.24, 2.45) is 0 Å². The molecule has 124 valence electrons. The fourth-order valence-electron chi connectivity index (χ4n) is 3.32. The minimum Gasteiger partial charge on any atom is -0.326 e. The van der Waals surface area contributed by atoms with E-state index in [9.17, 15) is 9.36 Å². The molecule has 0 saturated heterocycles. The lowest BCUT2D eigenvalue weighted by atomic mass is 10.1. The summed E-state index contributed by atoms with van der Waals surface area (Å²) in [6.07, 6.45) is 0.217. The van der Waals surface area contributed by atoms with Crippen molar-refractivity contribution in [3.8, 4) is 0 Å². The van der Waals surface area contributed by atoms with Crippen LogP contribution in [0.25, 0.3) is 0 Å². The second kappa shape index (κ2) is 6.34. The van der Waals surface area contributed by atoms with Crippen molar-refractivity contribution in [3.63, 3.8) is 0 Å². The Morgan fingerprint density at radius 2 is 1.28 bits per heavy atom. The fraction of sp³-hybridized carbons (Fsp3) is 0.0952. The molecule has 0 aliphatic carbocycles. The first-order valence-electron chi connectivity index (χ1n) is 8.26. The van der Waals surface area contributed by atoms with Crippen LogP contribution in [0.3, 0.4) is 0 Å². The number of hydrogen-bond donors (Lipinski definition) is 0. The number of rotatable bonds is 4. The van der Waals surface area contributed by atoms with Crippen LogP contribution in [0.2, 0.25) is 0 Å². The van der Waals surface area contributed by atoms with E-state index >= 15 is 0 Å². The normalized spacial score (nSPS) is 13.8. The Bertz CT molecular complexity index is 910. The van der Waals surface area contributed by atoms with E-state index in [0.29, 0.717) is 6.54 Å². The second-order valence-electron chi connectivity index (χ2n) is 6.21. The number of hydrogen-bond acceptors (Lipinski definition) is 2. The molecule has 4 rings (SSSR count). The molecule has 3 nitrogen and oxygen atoms in total. The van der Waals surface area contributed by atoms with Crippen LogP contribution >= 0.6 is 7.14 Å². The highest BCUT2D eigenvalue weighted by Gasteiger charge is 2.35. The van der Waals surface area contributed by atoms with Crippen molar-refractivity contribution in [1.29, 1.82) is 0 Å². The number of carbonyl (C=O) groups excluding carboxylic acids is 1. The van der Waals surface area contributed by atoms with Gasteiger partial charge >= 0.3 is 0 Å². The van der Waals surface area contributed by atoms with E-state index in [-0.39, 0.29) is 12.2 Å². The molecular formula is C21H18NO2P. The minimum atomic E-state index is -2.93. The summed E-state index contributed by atoms with van der Waals surface area (Å²) in [6, 6.07) is 26.6. The summed E-state index contributed by atoms with van der Waals surface area (Å²) >= 11 is 0. The molecule has 0 atom stereocenters. The molecule has 0 unspecified atom stereocenters. The van der Waals surface area contributed by atoms with Gasteiger partial charge in [-0.25, -0.2) is 0 Å². The summed E-state index contributed by atoms with van der Waals surface area (Å²) in [5.41, 5.74) is 1.72. The third kappa shape index (κ3) is 2.81. The second-order valence-corrected chi connectivity index (χ2v) is 9.01. The van der Waals surface area contributed by atoms with Crippen molar-refractivity contribution < 1.29 is 9.36 Å².